The second-order valence-corrected chi connectivity index (χ2v) is 17.9. The zero-order valence-electron chi connectivity index (χ0n) is 39.7. The standard InChI is InChI=1S/C50H71N7O11/c1-4-7-24-38(46(51)63)55-47(64)39(25-8-5-2)53-42(59)29-52-49(66)45(62)37(17-6-3)54-48(65)40-28-36(68-31-32-18-11-9-12-19-32)30-57(40)50(67)44(33-20-13-10-14-21-33)56-41(58)26-34-22-15-16-23-35(34)27-43(60)61/h9,11-12,15-16,18-19,22-23,33,36-40,44H,4-8,10,13-14,17,20-21,24-31H2,1-3H3,(H2,51,63)(H,52,66)(H,53,59)(H,54,65)(H,55,64)(H,56,58)(H,60,61)/t36-,37?,38?,39?,40+,44?/m1/s1. The fraction of sp³-hybridized carbons (Fsp3) is 0.580. The number of carbonyl (C=O) groups is 9. The van der Waals surface area contributed by atoms with Gasteiger partial charge in [-0.1, -0.05) is 127 Å². The normalized spacial score (nSPS) is 17.7. The first kappa shape index (κ1) is 54.4. The molecule has 7 amide bonds. The number of carbonyl (C=O) groups excluding carboxylic acids is 8. The maximum absolute atomic E-state index is 14.9. The van der Waals surface area contributed by atoms with Crippen molar-refractivity contribution < 1.29 is 53.0 Å². The van der Waals surface area contributed by atoms with E-state index in [9.17, 15) is 48.3 Å². The molecular formula is C50H71N7O11. The molecule has 1 saturated heterocycles. The number of amides is 7. The Morgan fingerprint density at radius 1 is 0.721 bits per heavy atom. The third-order valence-corrected chi connectivity index (χ3v) is 12.5. The van der Waals surface area contributed by atoms with E-state index in [2.05, 4.69) is 26.6 Å². The number of benzene rings is 2. The van der Waals surface area contributed by atoms with Gasteiger partial charge in [0.15, 0.2) is 0 Å². The number of ketones is 1. The van der Waals surface area contributed by atoms with Crippen LogP contribution in [0.2, 0.25) is 0 Å². The van der Waals surface area contributed by atoms with Crippen LogP contribution in [0.15, 0.2) is 54.6 Å². The Hall–Kier alpha value is -6.17. The fourth-order valence-electron chi connectivity index (χ4n) is 8.81. The summed E-state index contributed by atoms with van der Waals surface area (Å²) in [6, 6.07) is 10.7. The van der Waals surface area contributed by atoms with E-state index in [0.717, 1.165) is 31.2 Å². The lowest BCUT2D eigenvalue weighted by atomic mass is 9.83. The van der Waals surface area contributed by atoms with Crippen molar-refractivity contribution in [3.8, 4) is 0 Å². The Labute approximate surface area is 399 Å². The number of carboxylic acid groups (broad SMARTS) is 1. The van der Waals surface area contributed by atoms with Crippen LogP contribution in [0, 0.1) is 5.92 Å². The van der Waals surface area contributed by atoms with Crippen molar-refractivity contribution in [2.45, 2.75) is 166 Å². The topological polar surface area (TPSA) is 272 Å². The van der Waals surface area contributed by atoms with Gasteiger partial charge in [0, 0.05) is 13.0 Å². The molecule has 68 heavy (non-hydrogen) atoms. The van der Waals surface area contributed by atoms with Crippen molar-refractivity contribution in [2.75, 3.05) is 13.1 Å². The van der Waals surface area contributed by atoms with E-state index in [1.807, 2.05) is 44.2 Å². The minimum Gasteiger partial charge on any atom is -0.481 e. The Kier molecular flexibility index (Phi) is 22.6. The molecule has 4 unspecified atom stereocenters. The lowest BCUT2D eigenvalue weighted by Gasteiger charge is -2.35. The largest absolute Gasteiger partial charge is 0.481 e. The number of ether oxygens (including phenoxy) is 1. The Morgan fingerprint density at radius 2 is 1.35 bits per heavy atom. The van der Waals surface area contributed by atoms with Crippen LogP contribution in [0.3, 0.4) is 0 Å². The summed E-state index contributed by atoms with van der Waals surface area (Å²) in [6.07, 6.45) is 6.72. The van der Waals surface area contributed by atoms with E-state index in [0.29, 0.717) is 56.1 Å². The van der Waals surface area contributed by atoms with Gasteiger partial charge in [0.2, 0.25) is 41.2 Å². The molecule has 4 rings (SSSR count). The quantitative estimate of drug-likeness (QED) is 0.0610. The molecule has 2 aliphatic rings. The van der Waals surface area contributed by atoms with Crippen LogP contribution in [0.4, 0.5) is 0 Å². The fourth-order valence-corrected chi connectivity index (χ4v) is 8.81. The van der Waals surface area contributed by atoms with Crippen molar-refractivity contribution in [2.24, 2.45) is 11.7 Å². The van der Waals surface area contributed by atoms with E-state index in [1.54, 1.807) is 31.2 Å². The summed E-state index contributed by atoms with van der Waals surface area (Å²) in [5.41, 5.74) is 7.37. The van der Waals surface area contributed by atoms with Gasteiger partial charge >= 0.3 is 5.97 Å². The van der Waals surface area contributed by atoms with Gasteiger partial charge in [0.05, 0.1) is 38.1 Å². The predicted octanol–water partition coefficient (Wildman–Crippen LogP) is 2.91. The number of unbranched alkanes of at least 4 members (excludes halogenated alkanes) is 2. The number of likely N-dealkylation sites (tertiary alicyclic amines) is 1. The number of nitrogens with two attached hydrogens (primary N) is 1. The lowest BCUT2D eigenvalue weighted by Crippen LogP contribution is -2.58. The van der Waals surface area contributed by atoms with Crippen molar-refractivity contribution in [3.05, 3.63) is 71.3 Å². The molecular weight excluding hydrogens is 875 g/mol. The molecule has 8 N–H and O–H groups in total. The summed E-state index contributed by atoms with van der Waals surface area (Å²) >= 11 is 0. The molecule has 2 aromatic carbocycles. The van der Waals surface area contributed by atoms with Crippen LogP contribution in [0.5, 0.6) is 0 Å². The second-order valence-electron chi connectivity index (χ2n) is 17.9. The average Bonchev–Trinajstić information content (AvgIpc) is 3.77. The second kappa shape index (κ2) is 28.2. The maximum Gasteiger partial charge on any atom is 0.307 e. The van der Waals surface area contributed by atoms with Crippen molar-refractivity contribution >= 4 is 53.1 Å². The molecule has 18 heteroatoms. The smallest absolute Gasteiger partial charge is 0.307 e. The van der Waals surface area contributed by atoms with E-state index in [4.69, 9.17) is 10.5 Å². The zero-order valence-corrected chi connectivity index (χ0v) is 39.7. The summed E-state index contributed by atoms with van der Waals surface area (Å²) in [5, 5.41) is 22.6. The maximum atomic E-state index is 14.9. The number of nitrogens with one attached hydrogen (secondary N) is 5. The van der Waals surface area contributed by atoms with Crippen LogP contribution >= 0.6 is 0 Å². The number of Topliss-reactive ketones (excluding diaryl/α,β-unsaturated/α-hetero) is 1. The Bertz CT molecular complexity index is 2040. The van der Waals surface area contributed by atoms with Gasteiger partial charge in [0.25, 0.3) is 5.91 Å². The number of primary amides is 1. The monoisotopic (exact) mass is 946 g/mol. The molecule has 372 valence electrons. The first-order valence-corrected chi connectivity index (χ1v) is 24.2. The summed E-state index contributed by atoms with van der Waals surface area (Å²) < 4.78 is 6.26. The van der Waals surface area contributed by atoms with E-state index in [-0.39, 0.29) is 51.2 Å². The molecule has 0 radical (unpaired) electrons. The molecule has 0 aromatic heterocycles. The average molecular weight is 946 g/mol. The van der Waals surface area contributed by atoms with Crippen LogP contribution < -0.4 is 32.3 Å². The van der Waals surface area contributed by atoms with Crippen LogP contribution in [0.25, 0.3) is 0 Å². The number of rotatable bonds is 28. The highest BCUT2D eigenvalue weighted by molar-refractivity contribution is 6.38. The zero-order chi connectivity index (χ0) is 49.6. The van der Waals surface area contributed by atoms with Gasteiger partial charge in [-0.05, 0) is 54.7 Å². The summed E-state index contributed by atoms with van der Waals surface area (Å²) in [6.45, 7) is 5.15. The third-order valence-electron chi connectivity index (χ3n) is 12.5. The third kappa shape index (κ3) is 17.2. The van der Waals surface area contributed by atoms with Crippen LogP contribution in [-0.4, -0.2) is 113 Å². The van der Waals surface area contributed by atoms with Gasteiger partial charge in [-0.25, -0.2) is 0 Å². The lowest BCUT2D eigenvalue weighted by molar-refractivity contribution is -0.144. The van der Waals surface area contributed by atoms with Gasteiger partial charge in [0.1, 0.15) is 24.2 Å². The first-order valence-electron chi connectivity index (χ1n) is 24.2. The summed E-state index contributed by atoms with van der Waals surface area (Å²) in [7, 11) is 0. The minimum absolute atomic E-state index is 0.00543. The first-order chi connectivity index (χ1) is 32.6. The van der Waals surface area contributed by atoms with Gasteiger partial charge in [-0.15, -0.1) is 0 Å². The molecule has 6 atom stereocenters. The van der Waals surface area contributed by atoms with Crippen molar-refractivity contribution in [1.82, 2.24) is 31.5 Å². The predicted molar refractivity (Wildman–Crippen MR) is 252 cm³/mol. The number of aliphatic carboxylic acids is 1. The van der Waals surface area contributed by atoms with E-state index < -0.39 is 96.0 Å². The van der Waals surface area contributed by atoms with Crippen LogP contribution in [-0.2, 0) is 67.3 Å². The number of hydrogen-bond acceptors (Lipinski definition) is 10. The SMILES string of the molecule is CCCCC(NC(=O)C(CCCC)NC(=O)CNC(=O)C(=O)C(CCC)NC(=O)[C@@H]1C[C@@H](OCc2ccccc2)CN1C(=O)C(NC(=O)Cc1ccccc1CC(=O)O)C1CCCCC1)C(N)=O. The van der Waals surface area contributed by atoms with Crippen molar-refractivity contribution in [3.63, 3.8) is 0 Å². The van der Waals surface area contributed by atoms with E-state index in [1.165, 1.54) is 4.90 Å². The molecule has 0 bridgehead atoms. The molecule has 2 aromatic rings. The number of nitrogens with zero attached hydrogens (tertiary/aromatic N) is 1. The number of carboxylic acids is 1. The van der Waals surface area contributed by atoms with Gasteiger partial charge < -0.3 is 47.1 Å². The Morgan fingerprint density at radius 3 is 1.97 bits per heavy atom. The molecule has 1 aliphatic carbocycles. The molecule has 1 aliphatic heterocycles. The summed E-state index contributed by atoms with van der Waals surface area (Å²) in [4.78, 5) is 121. The molecule has 1 saturated carbocycles. The highest BCUT2D eigenvalue weighted by atomic mass is 16.5. The molecule has 1 heterocycles. The minimum atomic E-state index is -1.33. The summed E-state index contributed by atoms with van der Waals surface area (Å²) in [5.74, 6) is -7.17. The van der Waals surface area contributed by atoms with E-state index >= 15 is 0 Å². The van der Waals surface area contributed by atoms with Crippen LogP contribution in [0.1, 0.15) is 127 Å². The van der Waals surface area contributed by atoms with Gasteiger partial charge in [-0.2, -0.15) is 0 Å². The van der Waals surface area contributed by atoms with Crippen molar-refractivity contribution in [1.29, 1.82) is 0 Å². The van der Waals surface area contributed by atoms with Gasteiger partial charge in [-0.3, -0.25) is 43.2 Å². The molecule has 18 nitrogen and oxygen atoms in total. The number of hydrogen-bond donors (Lipinski definition) is 7. The highest BCUT2D eigenvalue weighted by Crippen LogP contribution is 2.31. The highest BCUT2D eigenvalue weighted by Gasteiger charge is 2.45. The molecule has 0 spiro atoms. The Balaban J connectivity index is 1.50. The molecule has 2 fully saturated rings.